The van der Waals surface area contributed by atoms with Crippen LogP contribution in [0, 0.1) is 0 Å². The summed E-state index contributed by atoms with van der Waals surface area (Å²) in [5.74, 6) is 1.76. The molecule has 0 aliphatic rings. The zero-order valence-electron chi connectivity index (χ0n) is 7.05. The maximum atomic E-state index is 5.59. The lowest BCUT2D eigenvalue weighted by Crippen LogP contribution is -1.87. The molecule has 0 aromatic carbocycles. The zero-order chi connectivity index (χ0) is 8.81. The third-order valence-electron chi connectivity index (χ3n) is 1.43. The van der Waals surface area contributed by atoms with Gasteiger partial charge < -0.3 is 0 Å². The first kappa shape index (κ1) is 10.4. The molecule has 0 radical (unpaired) electrons. The fraction of sp³-hybridized carbons (Fsp3) is 0.625. The Hall–Kier alpha value is 0.270. The van der Waals surface area contributed by atoms with E-state index >= 15 is 0 Å². The van der Waals surface area contributed by atoms with Crippen molar-refractivity contribution in [2.75, 3.05) is 12.1 Å². The van der Waals surface area contributed by atoms with Gasteiger partial charge in [-0.05, 0) is 19.1 Å². The SMILES string of the molecule is CSCc1nc(CCCCl)cs1. The standard InChI is InChI=1S/C8H12ClNS2/c1-11-6-8-10-7(5-12-8)3-2-4-9/h5H,2-4,6H2,1H3. The van der Waals surface area contributed by atoms with Gasteiger partial charge in [0, 0.05) is 17.0 Å². The van der Waals surface area contributed by atoms with E-state index in [2.05, 4.69) is 16.6 Å². The van der Waals surface area contributed by atoms with Crippen LogP contribution in [0.4, 0.5) is 0 Å². The van der Waals surface area contributed by atoms with Crippen LogP contribution in [0.5, 0.6) is 0 Å². The van der Waals surface area contributed by atoms with Gasteiger partial charge >= 0.3 is 0 Å². The Morgan fingerprint density at radius 2 is 2.50 bits per heavy atom. The molecule has 4 heteroatoms. The molecule has 0 bridgehead atoms. The molecule has 0 unspecified atom stereocenters. The number of thioether (sulfide) groups is 1. The Morgan fingerprint density at radius 3 is 3.17 bits per heavy atom. The first-order chi connectivity index (χ1) is 5.86. The van der Waals surface area contributed by atoms with E-state index in [-0.39, 0.29) is 0 Å². The first-order valence-corrected chi connectivity index (χ1v) is 6.66. The summed E-state index contributed by atoms with van der Waals surface area (Å²) in [6.45, 7) is 0. The van der Waals surface area contributed by atoms with Gasteiger partial charge in [-0.25, -0.2) is 4.98 Å². The number of aromatic nitrogens is 1. The van der Waals surface area contributed by atoms with Crippen molar-refractivity contribution in [1.82, 2.24) is 4.98 Å². The highest BCUT2D eigenvalue weighted by Gasteiger charge is 2.00. The van der Waals surface area contributed by atoms with E-state index in [1.165, 1.54) is 10.7 Å². The maximum absolute atomic E-state index is 5.59. The van der Waals surface area contributed by atoms with E-state index in [9.17, 15) is 0 Å². The molecule has 1 nitrogen and oxygen atoms in total. The molecule has 0 saturated carbocycles. The monoisotopic (exact) mass is 221 g/mol. The molecule has 0 saturated heterocycles. The second kappa shape index (κ2) is 5.84. The fourth-order valence-electron chi connectivity index (χ4n) is 0.901. The molecule has 68 valence electrons. The lowest BCUT2D eigenvalue weighted by molar-refractivity contribution is 0.893. The number of nitrogens with zero attached hydrogens (tertiary/aromatic N) is 1. The molecule has 0 aliphatic carbocycles. The van der Waals surface area contributed by atoms with Crippen LogP contribution < -0.4 is 0 Å². The number of hydrogen-bond acceptors (Lipinski definition) is 3. The first-order valence-electron chi connectivity index (χ1n) is 3.85. The second-order valence-electron chi connectivity index (χ2n) is 2.46. The van der Waals surface area contributed by atoms with Gasteiger partial charge in [-0.1, -0.05) is 0 Å². The highest BCUT2D eigenvalue weighted by molar-refractivity contribution is 7.97. The molecule has 0 aliphatic heterocycles. The van der Waals surface area contributed by atoms with Gasteiger partial charge in [0.05, 0.1) is 5.69 Å². The van der Waals surface area contributed by atoms with E-state index in [1.807, 2.05) is 11.8 Å². The van der Waals surface area contributed by atoms with E-state index in [4.69, 9.17) is 11.6 Å². The summed E-state index contributed by atoms with van der Waals surface area (Å²) < 4.78 is 0. The van der Waals surface area contributed by atoms with Crippen LogP contribution >= 0.6 is 34.7 Å². The quantitative estimate of drug-likeness (QED) is 0.709. The molecule has 1 aromatic heterocycles. The lowest BCUT2D eigenvalue weighted by Gasteiger charge is -1.91. The minimum Gasteiger partial charge on any atom is -0.245 e. The van der Waals surface area contributed by atoms with Crippen LogP contribution in [-0.2, 0) is 12.2 Å². The second-order valence-corrected chi connectivity index (χ2v) is 4.64. The average molecular weight is 222 g/mol. The number of alkyl halides is 1. The Bertz CT molecular complexity index is 225. The normalized spacial score (nSPS) is 10.5. The predicted octanol–water partition coefficient (Wildman–Crippen LogP) is 3.18. The van der Waals surface area contributed by atoms with Crippen molar-refractivity contribution in [3.8, 4) is 0 Å². The molecular weight excluding hydrogens is 210 g/mol. The van der Waals surface area contributed by atoms with Crippen LogP contribution in [-0.4, -0.2) is 17.1 Å². The van der Waals surface area contributed by atoms with Crippen molar-refractivity contribution in [2.24, 2.45) is 0 Å². The Balaban J connectivity index is 2.41. The van der Waals surface area contributed by atoms with Crippen LogP contribution in [0.3, 0.4) is 0 Å². The Morgan fingerprint density at radius 1 is 1.67 bits per heavy atom. The summed E-state index contributed by atoms with van der Waals surface area (Å²) in [5, 5.41) is 3.37. The molecular formula is C8H12ClNS2. The van der Waals surface area contributed by atoms with Crippen LogP contribution in [0.25, 0.3) is 0 Å². The predicted molar refractivity (Wildman–Crippen MR) is 58.4 cm³/mol. The molecule has 1 rings (SSSR count). The van der Waals surface area contributed by atoms with Crippen LogP contribution in [0.15, 0.2) is 5.38 Å². The number of hydrogen-bond donors (Lipinski definition) is 0. The van der Waals surface area contributed by atoms with E-state index in [0.29, 0.717) is 0 Å². The number of rotatable bonds is 5. The van der Waals surface area contributed by atoms with Gasteiger partial charge in [-0.2, -0.15) is 11.8 Å². The third-order valence-corrected chi connectivity index (χ3v) is 3.34. The topological polar surface area (TPSA) is 12.9 Å². The van der Waals surface area contributed by atoms with E-state index in [0.717, 1.165) is 24.5 Å². The van der Waals surface area contributed by atoms with Crippen molar-refractivity contribution >= 4 is 34.7 Å². The van der Waals surface area contributed by atoms with Crippen LogP contribution in [0.2, 0.25) is 0 Å². The third kappa shape index (κ3) is 3.33. The van der Waals surface area contributed by atoms with E-state index < -0.39 is 0 Å². The molecule has 12 heavy (non-hydrogen) atoms. The van der Waals surface area contributed by atoms with Gasteiger partial charge in [0.2, 0.25) is 0 Å². The largest absolute Gasteiger partial charge is 0.245 e. The van der Waals surface area contributed by atoms with Crippen LogP contribution in [0.1, 0.15) is 17.1 Å². The van der Waals surface area contributed by atoms with Crippen molar-refractivity contribution in [1.29, 1.82) is 0 Å². The molecule has 1 aromatic rings. The summed E-state index contributed by atoms with van der Waals surface area (Å²) in [5.41, 5.74) is 1.20. The van der Waals surface area contributed by atoms with Crippen molar-refractivity contribution in [3.05, 3.63) is 16.1 Å². The minimum atomic E-state index is 0.732. The Kier molecular flexibility index (Phi) is 5.04. The lowest BCUT2D eigenvalue weighted by atomic mass is 10.3. The number of halogens is 1. The van der Waals surface area contributed by atoms with Gasteiger partial charge in [0.15, 0.2) is 0 Å². The van der Waals surface area contributed by atoms with Gasteiger partial charge in [0.25, 0.3) is 0 Å². The highest BCUT2D eigenvalue weighted by Crippen LogP contribution is 2.15. The molecule has 0 fully saturated rings. The smallest absolute Gasteiger partial charge is 0.103 e. The highest BCUT2D eigenvalue weighted by atomic mass is 35.5. The fourth-order valence-corrected chi connectivity index (χ4v) is 2.58. The Labute approximate surface area is 86.5 Å². The number of aryl methyl sites for hydroxylation is 1. The minimum absolute atomic E-state index is 0.732. The molecule has 1 heterocycles. The summed E-state index contributed by atoms with van der Waals surface area (Å²) in [4.78, 5) is 4.48. The van der Waals surface area contributed by atoms with Gasteiger partial charge in [-0.15, -0.1) is 22.9 Å². The van der Waals surface area contributed by atoms with Crippen molar-refractivity contribution in [3.63, 3.8) is 0 Å². The zero-order valence-corrected chi connectivity index (χ0v) is 9.44. The summed E-state index contributed by atoms with van der Waals surface area (Å²) >= 11 is 9.15. The number of thiazole rings is 1. The van der Waals surface area contributed by atoms with Crippen molar-refractivity contribution in [2.45, 2.75) is 18.6 Å². The van der Waals surface area contributed by atoms with E-state index in [1.54, 1.807) is 11.3 Å². The molecule has 0 spiro atoms. The average Bonchev–Trinajstić information content (AvgIpc) is 2.50. The van der Waals surface area contributed by atoms with Crippen molar-refractivity contribution < 1.29 is 0 Å². The summed E-state index contributed by atoms with van der Waals surface area (Å²) in [7, 11) is 0. The molecule has 0 amide bonds. The summed E-state index contributed by atoms with van der Waals surface area (Å²) in [6.07, 6.45) is 4.15. The molecule has 0 N–H and O–H groups in total. The maximum Gasteiger partial charge on any atom is 0.103 e. The summed E-state index contributed by atoms with van der Waals surface area (Å²) in [6, 6.07) is 0. The van der Waals surface area contributed by atoms with Gasteiger partial charge in [-0.3, -0.25) is 0 Å². The molecule has 0 atom stereocenters. The van der Waals surface area contributed by atoms with Gasteiger partial charge in [0.1, 0.15) is 5.01 Å².